The fraction of sp³-hybridized carbons (Fsp3) is 0.455. The molecule has 0 unspecified atom stereocenters. The summed E-state index contributed by atoms with van der Waals surface area (Å²) in [5, 5.41) is 12.6. The van der Waals surface area contributed by atoms with Gasteiger partial charge in [-0.3, -0.25) is 0 Å². The smallest absolute Gasteiger partial charge is 0.0642 e. The van der Waals surface area contributed by atoms with Gasteiger partial charge in [0, 0.05) is 20.1 Å². The Balaban J connectivity index is 2.82. The standard InChI is InChI=1S/C11H17ClN2O/c1-13-8-9-3-4-11(10(12)7-9)14(2)5-6-15/h3-4,7,13,15H,5-6,8H2,1-2H3. The number of nitrogens with one attached hydrogen (secondary N) is 1. The average molecular weight is 229 g/mol. The van der Waals surface area contributed by atoms with E-state index in [4.69, 9.17) is 16.7 Å². The maximum absolute atomic E-state index is 8.83. The highest BCUT2D eigenvalue weighted by atomic mass is 35.5. The van der Waals surface area contributed by atoms with Crippen molar-refractivity contribution in [3.8, 4) is 0 Å². The van der Waals surface area contributed by atoms with Gasteiger partial charge in [0.1, 0.15) is 0 Å². The predicted molar refractivity (Wildman–Crippen MR) is 64.6 cm³/mol. The van der Waals surface area contributed by atoms with Crippen molar-refractivity contribution in [3.63, 3.8) is 0 Å². The van der Waals surface area contributed by atoms with Crippen molar-refractivity contribution < 1.29 is 5.11 Å². The molecule has 0 bridgehead atoms. The van der Waals surface area contributed by atoms with Gasteiger partial charge in [0.2, 0.25) is 0 Å². The van der Waals surface area contributed by atoms with Crippen molar-refractivity contribution in [2.75, 3.05) is 32.1 Å². The van der Waals surface area contributed by atoms with Gasteiger partial charge in [-0.1, -0.05) is 17.7 Å². The van der Waals surface area contributed by atoms with E-state index in [1.165, 1.54) is 0 Å². The average Bonchev–Trinajstić information content (AvgIpc) is 2.18. The molecule has 0 atom stereocenters. The Morgan fingerprint density at radius 1 is 1.47 bits per heavy atom. The van der Waals surface area contributed by atoms with Crippen LogP contribution in [0.2, 0.25) is 5.02 Å². The second kappa shape index (κ2) is 5.95. The largest absolute Gasteiger partial charge is 0.395 e. The minimum Gasteiger partial charge on any atom is -0.395 e. The zero-order valence-electron chi connectivity index (χ0n) is 9.13. The fourth-order valence-corrected chi connectivity index (χ4v) is 1.79. The van der Waals surface area contributed by atoms with Gasteiger partial charge in [-0.15, -0.1) is 0 Å². The highest BCUT2D eigenvalue weighted by molar-refractivity contribution is 6.33. The maximum Gasteiger partial charge on any atom is 0.0642 e. The molecule has 1 aromatic rings. The molecule has 0 radical (unpaired) electrons. The summed E-state index contributed by atoms with van der Waals surface area (Å²) < 4.78 is 0. The van der Waals surface area contributed by atoms with Gasteiger partial charge < -0.3 is 15.3 Å². The summed E-state index contributed by atoms with van der Waals surface area (Å²) in [5.41, 5.74) is 2.11. The minimum absolute atomic E-state index is 0.130. The van der Waals surface area contributed by atoms with Gasteiger partial charge in [0.15, 0.2) is 0 Å². The van der Waals surface area contributed by atoms with Gasteiger partial charge in [0.25, 0.3) is 0 Å². The second-order valence-electron chi connectivity index (χ2n) is 3.46. The van der Waals surface area contributed by atoms with E-state index in [1.807, 2.05) is 37.2 Å². The number of aliphatic hydroxyl groups excluding tert-OH is 1. The molecule has 3 nitrogen and oxygen atoms in total. The predicted octanol–water partition coefficient (Wildman–Crippen LogP) is 1.49. The normalized spacial score (nSPS) is 10.4. The van der Waals surface area contributed by atoms with Crippen molar-refractivity contribution in [1.29, 1.82) is 0 Å². The van der Waals surface area contributed by atoms with Crippen molar-refractivity contribution in [2.45, 2.75) is 6.54 Å². The molecule has 4 heteroatoms. The first-order valence-electron chi connectivity index (χ1n) is 4.94. The summed E-state index contributed by atoms with van der Waals surface area (Å²) in [6, 6.07) is 5.96. The number of aliphatic hydroxyl groups is 1. The van der Waals surface area contributed by atoms with Gasteiger partial charge in [-0.25, -0.2) is 0 Å². The number of rotatable bonds is 5. The molecule has 1 rings (SSSR count). The minimum atomic E-state index is 0.130. The van der Waals surface area contributed by atoms with Crippen LogP contribution in [-0.2, 0) is 6.54 Å². The third kappa shape index (κ3) is 3.38. The molecule has 0 aliphatic carbocycles. The lowest BCUT2D eigenvalue weighted by atomic mass is 10.2. The van der Waals surface area contributed by atoms with Crippen molar-refractivity contribution >= 4 is 17.3 Å². The van der Waals surface area contributed by atoms with Crippen LogP contribution in [0.3, 0.4) is 0 Å². The van der Waals surface area contributed by atoms with Crippen LogP contribution >= 0.6 is 11.6 Å². The topological polar surface area (TPSA) is 35.5 Å². The van der Waals surface area contributed by atoms with E-state index in [9.17, 15) is 0 Å². The third-order valence-electron chi connectivity index (χ3n) is 2.24. The Morgan fingerprint density at radius 2 is 2.20 bits per heavy atom. The van der Waals surface area contributed by atoms with Gasteiger partial charge in [0.05, 0.1) is 17.3 Å². The molecule has 15 heavy (non-hydrogen) atoms. The van der Waals surface area contributed by atoms with Crippen LogP contribution < -0.4 is 10.2 Å². The van der Waals surface area contributed by atoms with E-state index in [2.05, 4.69) is 5.32 Å². The third-order valence-corrected chi connectivity index (χ3v) is 2.54. The molecule has 2 N–H and O–H groups in total. The number of hydrogen-bond acceptors (Lipinski definition) is 3. The quantitative estimate of drug-likeness (QED) is 0.802. The second-order valence-corrected chi connectivity index (χ2v) is 3.87. The van der Waals surface area contributed by atoms with Crippen LogP contribution in [0.15, 0.2) is 18.2 Å². The summed E-state index contributed by atoms with van der Waals surface area (Å²) in [6.07, 6.45) is 0. The Hall–Kier alpha value is -0.770. The van der Waals surface area contributed by atoms with Crippen molar-refractivity contribution in [1.82, 2.24) is 5.32 Å². The van der Waals surface area contributed by atoms with Crippen molar-refractivity contribution in [3.05, 3.63) is 28.8 Å². The van der Waals surface area contributed by atoms with Crippen LogP contribution in [-0.4, -0.2) is 32.4 Å². The van der Waals surface area contributed by atoms with E-state index < -0.39 is 0 Å². The van der Waals surface area contributed by atoms with Crippen molar-refractivity contribution in [2.24, 2.45) is 0 Å². The Bertz CT molecular complexity index is 317. The molecule has 0 aromatic heterocycles. The molecule has 0 heterocycles. The fourth-order valence-electron chi connectivity index (χ4n) is 1.44. The first kappa shape index (κ1) is 12.3. The molecule has 0 aliphatic heterocycles. The molecule has 0 spiro atoms. The zero-order valence-corrected chi connectivity index (χ0v) is 9.88. The maximum atomic E-state index is 8.83. The number of benzene rings is 1. The molecule has 0 fully saturated rings. The molecule has 84 valence electrons. The van der Waals surface area contributed by atoms with Crippen LogP contribution in [0.1, 0.15) is 5.56 Å². The monoisotopic (exact) mass is 228 g/mol. The highest BCUT2D eigenvalue weighted by Gasteiger charge is 2.05. The molecule has 0 saturated carbocycles. The van der Waals surface area contributed by atoms with E-state index in [-0.39, 0.29) is 6.61 Å². The summed E-state index contributed by atoms with van der Waals surface area (Å²) >= 11 is 6.14. The molecule has 1 aromatic carbocycles. The Kier molecular flexibility index (Phi) is 4.88. The van der Waals surface area contributed by atoms with Gasteiger partial charge in [-0.2, -0.15) is 0 Å². The van der Waals surface area contributed by atoms with E-state index in [0.717, 1.165) is 22.8 Å². The van der Waals surface area contributed by atoms with Crippen LogP contribution in [0.4, 0.5) is 5.69 Å². The Morgan fingerprint density at radius 3 is 2.73 bits per heavy atom. The van der Waals surface area contributed by atoms with Crippen LogP contribution in [0.25, 0.3) is 0 Å². The molecule has 0 aliphatic rings. The van der Waals surface area contributed by atoms with Crippen LogP contribution in [0.5, 0.6) is 0 Å². The van der Waals surface area contributed by atoms with Gasteiger partial charge in [-0.05, 0) is 24.7 Å². The lowest BCUT2D eigenvalue weighted by molar-refractivity contribution is 0.304. The molecule has 0 saturated heterocycles. The lowest BCUT2D eigenvalue weighted by Crippen LogP contribution is -2.21. The highest BCUT2D eigenvalue weighted by Crippen LogP contribution is 2.25. The first-order valence-corrected chi connectivity index (χ1v) is 5.32. The molecule has 0 amide bonds. The number of anilines is 1. The first-order chi connectivity index (χ1) is 7.19. The Labute approximate surface area is 95.7 Å². The molecular formula is C11H17ClN2O. The zero-order chi connectivity index (χ0) is 11.3. The van der Waals surface area contributed by atoms with E-state index in [0.29, 0.717) is 6.54 Å². The SMILES string of the molecule is CNCc1ccc(N(C)CCO)c(Cl)c1. The summed E-state index contributed by atoms with van der Waals surface area (Å²) in [7, 11) is 3.81. The number of hydrogen-bond donors (Lipinski definition) is 2. The van der Waals surface area contributed by atoms with E-state index >= 15 is 0 Å². The summed E-state index contributed by atoms with van der Waals surface area (Å²) in [5.74, 6) is 0. The lowest BCUT2D eigenvalue weighted by Gasteiger charge is -2.19. The number of nitrogens with zero attached hydrogens (tertiary/aromatic N) is 1. The van der Waals surface area contributed by atoms with E-state index in [1.54, 1.807) is 0 Å². The van der Waals surface area contributed by atoms with Crippen LogP contribution in [0, 0.1) is 0 Å². The summed E-state index contributed by atoms with van der Waals surface area (Å²) in [6.45, 7) is 1.53. The van der Waals surface area contributed by atoms with Gasteiger partial charge >= 0.3 is 0 Å². The molecular weight excluding hydrogens is 212 g/mol. The number of likely N-dealkylation sites (N-methyl/N-ethyl adjacent to an activating group) is 1. The number of halogens is 1. The summed E-state index contributed by atoms with van der Waals surface area (Å²) in [4.78, 5) is 1.94.